The van der Waals surface area contributed by atoms with Crippen LogP contribution in [-0.2, 0) is 19.6 Å². The average molecular weight is 387 g/mol. The number of carbonyl (C=O) groups is 1. The SMILES string of the molecule is O=C(Nc1ccc(S(=O)(=O)N2CCOCC2)cc1)[C@@H]1C[C@H]1c1cccnc1. The third kappa shape index (κ3) is 3.87. The van der Waals surface area contributed by atoms with Crippen LogP contribution in [0.1, 0.15) is 17.9 Å². The van der Waals surface area contributed by atoms with Crippen LogP contribution in [0.3, 0.4) is 0 Å². The normalized spacial score (nSPS) is 23.0. The van der Waals surface area contributed by atoms with E-state index in [1.165, 1.54) is 16.4 Å². The topological polar surface area (TPSA) is 88.6 Å². The maximum absolute atomic E-state index is 12.6. The molecular weight excluding hydrogens is 366 g/mol. The number of sulfonamides is 1. The maximum atomic E-state index is 12.6. The van der Waals surface area contributed by atoms with Gasteiger partial charge in [-0.15, -0.1) is 0 Å². The molecule has 1 saturated carbocycles. The minimum Gasteiger partial charge on any atom is -0.379 e. The smallest absolute Gasteiger partial charge is 0.243 e. The molecule has 0 radical (unpaired) electrons. The highest BCUT2D eigenvalue weighted by molar-refractivity contribution is 7.89. The van der Waals surface area contributed by atoms with Gasteiger partial charge in [-0.3, -0.25) is 9.78 Å². The Balaban J connectivity index is 1.39. The van der Waals surface area contributed by atoms with E-state index < -0.39 is 10.0 Å². The first-order valence-electron chi connectivity index (χ1n) is 8.94. The predicted molar refractivity (Wildman–Crippen MR) is 99.7 cm³/mol. The largest absolute Gasteiger partial charge is 0.379 e. The van der Waals surface area contributed by atoms with Crippen molar-refractivity contribution in [3.8, 4) is 0 Å². The molecule has 0 spiro atoms. The number of hydrogen-bond donors (Lipinski definition) is 1. The molecule has 1 saturated heterocycles. The molecule has 0 bridgehead atoms. The molecule has 27 heavy (non-hydrogen) atoms. The van der Waals surface area contributed by atoms with Gasteiger partial charge in [-0.05, 0) is 48.2 Å². The molecule has 0 unspecified atom stereocenters. The quantitative estimate of drug-likeness (QED) is 0.846. The molecule has 1 amide bonds. The van der Waals surface area contributed by atoms with Gasteiger partial charge in [-0.2, -0.15) is 4.31 Å². The van der Waals surface area contributed by atoms with E-state index in [0.29, 0.717) is 32.0 Å². The lowest BCUT2D eigenvalue weighted by atomic mass is 10.1. The van der Waals surface area contributed by atoms with Crippen LogP contribution in [0.15, 0.2) is 53.7 Å². The van der Waals surface area contributed by atoms with E-state index in [9.17, 15) is 13.2 Å². The first-order valence-corrected chi connectivity index (χ1v) is 10.4. The highest BCUT2D eigenvalue weighted by Crippen LogP contribution is 2.47. The summed E-state index contributed by atoms with van der Waals surface area (Å²) in [7, 11) is -3.52. The number of morpholine rings is 1. The molecule has 4 rings (SSSR count). The molecule has 1 aliphatic carbocycles. The Hall–Kier alpha value is -2.29. The lowest BCUT2D eigenvalue weighted by Crippen LogP contribution is -2.40. The molecule has 2 atom stereocenters. The zero-order valence-electron chi connectivity index (χ0n) is 14.7. The van der Waals surface area contributed by atoms with Crippen molar-refractivity contribution in [2.75, 3.05) is 31.6 Å². The van der Waals surface area contributed by atoms with Crippen LogP contribution in [0.5, 0.6) is 0 Å². The number of pyridine rings is 1. The summed E-state index contributed by atoms with van der Waals surface area (Å²) in [5.74, 6) is 0.0956. The van der Waals surface area contributed by atoms with Gasteiger partial charge in [0.1, 0.15) is 0 Å². The number of aromatic nitrogens is 1. The number of ether oxygens (including phenoxy) is 1. The molecule has 2 aromatic rings. The molecule has 2 fully saturated rings. The number of rotatable bonds is 5. The number of hydrogen-bond acceptors (Lipinski definition) is 5. The first-order chi connectivity index (χ1) is 13.1. The molecule has 1 N–H and O–H groups in total. The van der Waals surface area contributed by atoms with Crippen molar-refractivity contribution >= 4 is 21.6 Å². The van der Waals surface area contributed by atoms with E-state index in [-0.39, 0.29) is 22.6 Å². The average Bonchev–Trinajstić information content (AvgIpc) is 3.51. The van der Waals surface area contributed by atoms with E-state index in [2.05, 4.69) is 10.3 Å². The molecule has 1 aromatic heterocycles. The Kier molecular flexibility index (Phi) is 4.94. The van der Waals surface area contributed by atoms with Crippen LogP contribution < -0.4 is 5.32 Å². The second kappa shape index (κ2) is 7.38. The molecule has 142 valence electrons. The second-order valence-corrected chi connectivity index (χ2v) is 8.70. The molecule has 2 heterocycles. The van der Waals surface area contributed by atoms with Crippen LogP contribution in [0.25, 0.3) is 0 Å². The summed E-state index contributed by atoms with van der Waals surface area (Å²) in [6, 6.07) is 10.2. The van der Waals surface area contributed by atoms with E-state index in [1.807, 2.05) is 12.1 Å². The van der Waals surface area contributed by atoms with Gasteiger partial charge in [0.15, 0.2) is 0 Å². The van der Waals surface area contributed by atoms with Crippen molar-refractivity contribution in [1.82, 2.24) is 9.29 Å². The van der Waals surface area contributed by atoms with Gasteiger partial charge >= 0.3 is 0 Å². The summed E-state index contributed by atoms with van der Waals surface area (Å²) in [6.07, 6.45) is 4.32. The minimum absolute atomic E-state index is 0.0485. The third-order valence-electron chi connectivity index (χ3n) is 4.97. The molecule has 7 nitrogen and oxygen atoms in total. The summed E-state index contributed by atoms with van der Waals surface area (Å²) < 4.78 is 31.9. The summed E-state index contributed by atoms with van der Waals surface area (Å²) >= 11 is 0. The maximum Gasteiger partial charge on any atom is 0.243 e. The molecule has 1 aromatic carbocycles. The fourth-order valence-corrected chi connectivity index (χ4v) is 4.74. The fourth-order valence-electron chi connectivity index (χ4n) is 3.33. The number of nitrogens with one attached hydrogen (secondary N) is 1. The third-order valence-corrected chi connectivity index (χ3v) is 6.88. The Labute approximate surface area is 158 Å². The number of amides is 1. The Morgan fingerprint density at radius 1 is 1.15 bits per heavy atom. The predicted octanol–water partition coefficient (Wildman–Crippen LogP) is 1.84. The Morgan fingerprint density at radius 3 is 2.56 bits per heavy atom. The van der Waals surface area contributed by atoms with Crippen molar-refractivity contribution in [1.29, 1.82) is 0 Å². The van der Waals surface area contributed by atoms with Crippen LogP contribution in [0, 0.1) is 5.92 Å². The Morgan fingerprint density at radius 2 is 1.89 bits per heavy atom. The minimum atomic E-state index is -3.52. The summed E-state index contributed by atoms with van der Waals surface area (Å²) in [6.45, 7) is 1.54. The first kappa shape index (κ1) is 18.1. The molecular formula is C19H21N3O4S. The second-order valence-electron chi connectivity index (χ2n) is 6.77. The van der Waals surface area contributed by atoms with Crippen molar-refractivity contribution in [3.63, 3.8) is 0 Å². The zero-order chi connectivity index (χ0) is 18.9. The van der Waals surface area contributed by atoms with Gasteiger partial charge < -0.3 is 10.1 Å². The van der Waals surface area contributed by atoms with E-state index in [4.69, 9.17) is 4.74 Å². The van der Waals surface area contributed by atoms with Crippen molar-refractivity contribution in [3.05, 3.63) is 54.4 Å². The molecule has 1 aliphatic heterocycles. The summed E-state index contributed by atoms with van der Waals surface area (Å²) in [5, 5.41) is 2.87. The number of anilines is 1. The van der Waals surface area contributed by atoms with Crippen LogP contribution in [-0.4, -0.2) is 49.9 Å². The standard InChI is InChI=1S/C19H21N3O4S/c23-19(18-12-17(18)14-2-1-7-20-13-14)21-15-3-5-16(6-4-15)27(24,25)22-8-10-26-11-9-22/h1-7,13,17-18H,8-12H2,(H,21,23)/t17-,18+/m0/s1. The fraction of sp³-hybridized carbons (Fsp3) is 0.368. The Bertz CT molecular complexity index is 910. The van der Waals surface area contributed by atoms with Crippen molar-refractivity contribution in [2.24, 2.45) is 5.92 Å². The van der Waals surface area contributed by atoms with Gasteiger partial charge in [0.25, 0.3) is 0 Å². The highest BCUT2D eigenvalue weighted by Gasteiger charge is 2.44. The molecule has 2 aliphatic rings. The van der Waals surface area contributed by atoms with Gasteiger partial charge in [0, 0.05) is 37.1 Å². The van der Waals surface area contributed by atoms with Crippen molar-refractivity contribution in [2.45, 2.75) is 17.2 Å². The number of nitrogens with zero attached hydrogens (tertiary/aromatic N) is 2. The molecule has 8 heteroatoms. The van der Waals surface area contributed by atoms with Gasteiger partial charge in [-0.25, -0.2) is 8.42 Å². The zero-order valence-corrected chi connectivity index (χ0v) is 15.6. The lowest BCUT2D eigenvalue weighted by Gasteiger charge is -2.26. The van der Waals surface area contributed by atoms with E-state index in [0.717, 1.165) is 12.0 Å². The van der Waals surface area contributed by atoms with Crippen LogP contribution in [0.2, 0.25) is 0 Å². The van der Waals surface area contributed by atoms with Crippen LogP contribution in [0.4, 0.5) is 5.69 Å². The highest BCUT2D eigenvalue weighted by atomic mass is 32.2. The summed E-state index contributed by atoms with van der Waals surface area (Å²) in [4.78, 5) is 16.7. The lowest BCUT2D eigenvalue weighted by molar-refractivity contribution is -0.117. The number of carbonyl (C=O) groups excluding carboxylic acids is 1. The van der Waals surface area contributed by atoms with E-state index >= 15 is 0 Å². The summed E-state index contributed by atoms with van der Waals surface area (Å²) in [5.41, 5.74) is 1.67. The monoisotopic (exact) mass is 387 g/mol. The van der Waals surface area contributed by atoms with Gasteiger partial charge in [0.2, 0.25) is 15.9 Å². The van der Waals surface area contributed by atoms with Crippen LogP contribution >= 0.6 is 0 Å². The van der Waals surface area contributed by atoms with Gasteiger partial charge in [0.05, 0.1) is 18.1 Å². The van der Waals surface area contributed by atoms with Gasteiger partial charge in [-0.1, -0.05) is 6.07 Å². The van der Waals surface area contributed by atoms with E-state index in [1.54, 1.807) is 24.5 Å². The van der Waals surface area contributed by atoms with Crippen molar-refractivity contribution < 1.29 is 17.9 Å². The number of benzene rings is 1.